The van der Waals surface area contributed by atoms with Gasteiger partial charge in [-0.3, -0.25) is 4.79 Å². The first-order chi connectivity index (χ1) is 17.8. The predicted octanol–water partition coefficient (Wildman–Crippen LogP) is 7.20. The molecule has 5 aliphatic carbocycles. The molecule has 0 heterocycles. The van der Waals surface area contributed by atoms with E-state index in [0.717, 1.165) is 25.2 Å². The second-order valence-electron chi connectivity index (χ2n) is 14.6. The Labute approximate surface area is 228 Å². The number of carboxylic acids is 1. The van der Waals surface area contributed by atoms with Crippen LogP contribution in [0.5, 0.6) is 0 Å². The monoisotopic (exact) mass is 528 g/mol. The lowest BCUT2D eigenvalue weighted by atomic mass is 9.42. The zero-order valence-corrected chi connectivity index (χ0v) is 24.4. The van der Waals surface area contributed by atoms with Crippen molar-refractivity contribution in [2.24, 2.45) is 50.7 Å². The van der Waals surface area contributed by atoms with E-state index < -0.39 is 12.1 Å². The standard InChI is InChI=1S/C32H48O6/c1-20(8-7-9-21(26(34)35)18-38-27(36)37-6)22-12-14-30(5)24-11-10-23-28(2,3)25(33)13-15-31(23)19-32(24,31)17-16-29(22,30)4/h9,20,22-24H,7-8,10-19H2,1-6H3,(H,34,35)/b21-9+/t20-,22-,23+,24+,29-,30+,31-,32+/m1/s1. The molecule has 0 unspecified atom stereocenters. The Morgan fingerprint density at radius 3 is 2.37 bits per heavy atom. The van der Waals surface area contributed by atoms with Crippen LogP contribution in [0.4, 0.5) is 4.79 Å². The summed E-state index contributed by atoms with van der Waals surface area (Å²) in [5.41, 5.74) is 1.44. The zero-order valence-electron chi connectivity index (χ0n) is 24.4. The number of Topliss-reactive ketones (excluding diaryl/α,β-unsaturated/α-hetero) is 1. The normalized spacial score (nSPS) is 43.7. The lowest BCUT2D eigenvalue weighted by Gasteiger charge is -2.62. The van der Waals surface area contributed by atoms with Gasteiger partial charge >= 0.3 is 12.1 Å². The topological polar surface area (TPSA) is 89.9 Å². The maximum atomic E-state index is 12.9. The number of rotatable bonds is 7. The van der Waals surface area contributed by atoms with Crippen molar-refractivity contribution in [2.45, 2.75) is 105 Å². The van der Waals surface area contributed by atoms with Gasteiger partial charge in [-0.2, -0.15) is 0 Å². The predicted molar refractivity (Wildman–Crippen MR) is 144 cm³/mol. The minimum Gasteiger partial charge on any atom is -0.478 e. The van der Waals surface area contributed by atoms with Crippen molar-refractivity contribution < 1.29 is 29.0 Å². The zero-order chi connectivity index (χ0) is 27.7. The second kappa shape index (κ2) is 9.09. The molecule has 0 aliphatic heterocycles. The summed E-state index contributed by atoms with van der Waals surface area (Å²) >= 11 is 0. The molecule has 5 rings (SSSR count). The molecule has 8 atom stereocenters. The Morgan fingerprint density at radius 1 is 1.00 bits per heavy atom. The summed E-state index contributed by atoms with van der Waals surface area (Å²) in [5, 5.41) is 9.51. The van der Waals surface area contributed by atoms with E-state index in [9.17, 15) is 19.5 Å². The van der Waals surface area contributed by atoms with Crippen molar-refractivity contribution >= 4 is 17.9 Å². The smallest absolute Gasteiger partial charge is 0.478 e. The molecule has 0 saturated heterocycles. The molecule has 5 fully saturated rings. The molecule has 6 heteroatoms. The van der Waals surface area contributed by atoms with Crippen LogP contribution >= 0.6 is 0 Å². The molecule has 0 aromatic rings. The maximum absolute atomic E-state index is 12.9. The average Bonchev–Trinajstić information content (AvgIpc) is 3.45. The van der Waals surface area contributed by atoms with Crippen LogP contribution in [0.15, 0.2) is 11.6 Å². The Bertz CT molecular complexity index is 1040. The summed E-state index contributed by atoms with van der Waals surface area (Å²) in [6.45, 7) is 11.7. The Kier molecular flexibility index (Phi) is 6.63. The first-order valence-electron chi connectivity index (χ1n) is 15.0. The van der Waals surface area contributed by atoms with Gasteiger partial charge in [0.15, 0.2) is 0 Å². The van der Waals surface area contributed by atoms with Crippen molar-refractivity contribution in [3.63, 3.8) is 0 Å². The lowest BCUT2D eigenvalue weighted by molar-refractivity contribution is -0.157. The van der Waals surface area contributed by atoms with Gasteiger partial charge in [0.1, 0.15) is 12.4 Å². The van der Waals surface area contributed by atoms with E-state index in [4.69, 9.17) is 4.74 Å². The van der Waals surface area contributed by atoms with Gasteiger partial charge in [-0.05, 0) is 110 Å². The molecular formula is C32H48O6. The molecule has 212 valence electrons. The number of carbonyl (C=O) groups is 3. The SMILES string of the molecule is COC(=O)OC/C(=C\CC[C@@H](C)[C@H]1CC[C@@]2(C)[C@@H]3CC[C@H]4C(C)(C)C(=O)CC[C@@]45C[C@@]35CC[C@]12C)C(=O)O. The van der Waals surface area contributed by atoms with Gasteiger partial charge in [0.05, 0.1) is 12.7 Å². The number of methoxy groups -OCH3 is 1. The van der Waals surface area contributed by atoms with Crippen LogP contribution in [0.25, 0.3) is 0 Å². The number of fused-ring (bicyclic) bond motifs is 2. The highest BCUT2D eigenvalue weighted by Crippen LogP contribution is 2.88. The summed E-state index contributed by atoms with van der Waals surface area (Å²) < 4.78 is 9.32. The first kappa shape index (κ1) is 27.7. The molecule has 2 spiro atoms. The van der Waals surface area contributed by atoms with E-state index in [1.165, 1.54) is 52.1 Å². The van der Waals surface area contributed by atoms with Gasteiger partial charge in [0, 0.05) is 11.8 Å². The third-order valence-corrected chi connectivity index (χ3v) is 13.4. The molecule has 0 aromatic heterocycles. The molecule has 0 aromatic carbocycles. The quantitative estimate of drug-likeness (QED) is 0.277. The van der Waals surface area contributed by atoms with Crippen molar-refractivity contribution in [1.82, 2.24) is 0 Å². The van der Waals surface area contributed by atoms with Crippen LogP contribution in [0.3, 0.4) is 0 Å². The summed E-state index contributed by atoms with van der Waals surface area (Å²) in [7, 11) is 1.21. The largest absolute Gasteiger partial charge is 0.508 e. The molecule has 0 radical (unpaired) electrons. The fourth-order valence-electron chi connectivity index (χ4n) is 11.2. The summed E-state index contributed by atoms with van der Waals surface area (Å²) in [6, 6.07) is 0. The molecule has 5 aliphatic rings. The van der Waals surface area contributed by atoms with E-state index in [1.807, 2.05) is 0 Å². The van der Waals surface area contributed by atoms with Gasteiger partial charge in [-0.15, -0.1) is 0 Å². The van der Waals surface area contributed by atoms with Crippen LogP contribution in [-0.2, 0) is 19.1 Å². The van der Waals surface area contributed by atoms with E-state index in [2.05, 4.69) is 39.4 Å². The number of ketones is 1. The second-order valence-corrected chi connectivity index (χ2v) is 14.6. The summed E-state index contributed by atoms with van der Waals surface area (Å²) in [5.74, 6) is 1.90. The van der Waals surface area contributed by atoms with Crippen LogP contribution in [0, 0.1) is 50.7 Å². The third kappa shape index (κ3) is 3.67. The Balaban J connectivity index is 1.29. The summed E-state index contributed by atoms with van der Waals surface area (Å²) in [4.78, 5) is 35.8. The lowest BCUT2D eigenvalue weighted by Crippen LogP contribution is -2.57. The maximum Gasteiger partial charge on any atom is 0.508 e. The highest BCUT2D eigenvalue weighted by Gasteiger charge is 2.82. The molecule has 0 bridgehead atoms. The number of carbonyl (C=O) groups excluding carboxylic acids is 2. The fraction of sp³-hybridized carbons (Fsp3) is 0.844. The number of hydrogen-bond donors (Lipinski definition) is 1. The van der Waals surface area contributed by atoms with Crippen molar-refractivity contribution in [3.05, 3.63) is 11.6 Å². The number of aliphatic carboxylic acids is 1. The van der Waals surface area contributed by atoms with E-state index >= 15 is 0 Å². The van der Waals surface area contributed by atoms with Crippen LogP contribution < -0.4 is 0 Å². The third-order valence-electron chi connectivity index (χ3n) is 13.4. The van der Waals surface area contributed by atoms with Gasteiger partial charge in [-0.1, -0.05) is 40.7 Å². The van der Waals surface area contributed by atoms with Crippen molar-refractivity contribution in [3.8, 4) is 0 Å². The van der Waals surface area contributed by atoms with Gasteiger partial charge in [0.2, 0.25) is 0 Å². The number of allylic oxidation sites excluding steroid dienone is 1. The van der Waals surface area contributed by atoms with Crippen molar-refractivity contribution in [1.29, 1.82) is 0 Å². The minimum absolute atomic E-state index is 0.106. The highest BCUT2D eigenvalue weighted by molar-refractivity contribution is 5.87. The Morgan fingerprint density at radius 2 is 1.68 bits per heavy atom. The van der Waals surface area contributed by atoms with Crippen LogP contribution in [-0.4, -0.2) is 36.7 Å². The van der Waals surface area contributed by atoms with E-state index in [1.54, 1.807) is 6.08 Å². The summed E-state index contributed by atoms with van der Waals surface area (Å²) in [6.07, 6.45) is 13.3. The molecule has 1 N–H and O–H groups in total. The van der Waals surface area contributed by atoms with Gasteiger partial charge < -0.3 is 14.6 Å². The Hall–Kier alpha value is -1.85. The molecule has 0 amide bonds. The van der Waals surface area contributed by atoms with Gasteiger partial charge in [0.25, 0.3) is 0 Å². The number of carboxylic acid groups (broad SMARTS) is 1. The first-order valence-corrected chi connectivity index (χ1v) is 15.0. The van der Waals surface area contributed by atoms with E-state index in [-0.39, 0.29) is 17.6 Å². The van der Waals surface area contributed by atoms with Crippen LogP contribution in [0.2, 0.25) is 0 Å². The molecule has 5 saturated carbocycles. The van der Waals surface area contributed by atoms with E-state index in [0.29, 0.717) is 51.6 Å². The van der Waals surface area contributed by atoms with Crippen molar-refractivity contribution in [2.75, 3.05) is 13.7 Å². The molecule has 6 nitrogen and oxygen atoms in total. The van der Waals surface area contributed by atoms with Gasteiger partial charge in [-0.25, -0.2) is 9.59 Å². The van der Waals surface area contributed by atoms with Crippen LogP contribution in [0.1, 0.15) is 105 Å². The fourth-order valence-corrected chi connectivity index (χ4v) is 11.2. The molecule has 38 heavy (non-hydrogen) atoms. The highest BCUT2D eigenvalue weighted by atomic mass is 16.7. The number of ether oxygens (including phenoxy) is 2. The number of hydrogen-bond acceptors (Lipinski definition) is 5. The molecular weight excluding hydrogens is 480 g/mol. The minimum atomic E-state index is -1.05. The average molecular weight is 529 g/mol.